The van der Waals surface area contributed by atoms with Crippen LogP contribution in [-0.2, 0) is 19.0 Å². The summed E-state index contributed by atoms with van der Waals surface area (Å²) in [5.41, 5.74) is 1.10. The molecule has 2 saturated heterocycles. The van der Waals surface area contributed by atoms with Crippen LogP contribution in [0.2, 0.25) is 0 Å². The van der Waals surface area contributed by atoms with Gasteiger partial charge >= 0.3 is 0 Å². The number of ether oxygens (including phenoxy) is 1. The number of morpholine rings is 1. The van der Waals surface area contributed by atoms with Crippen LogP contribution in [0.25, 0.3) is 5.65 Å². The second-order valence-electron chi connectivity index (χ2n) is 10.5. The van der Waals surface area contributed by atoms with Crippen LogP contribution in [0.1, 0.15) is 60.1 Å². The first-order valence-electron chi connectivity index (χ1n) is 13.0. The third kappa shape index (κ3) is 5.52. The number of carbonyl (C=O) groups excluding carboxylic acids is 1. The number of amides is 1. The Balaban J connectivity index is 1.17. The van der Waals surface area contributed by atoms with Crippen molar-refractivity contribution in [3.63, 3.8) is 0 Å². The van der Waals surface area contributed by atoms with Crippen LogP contribution in [0.15, 0.2) is 24.7 Å². The molecule has 6 rings (SSSR count). The molecule has 210 valence electrons. The smallest absolute Gasteiger partial charge is 0.264 e. The van der Waals surface area contributed by atoms with Gasteiger partial charge in [0.05, 0.1) is 49.5 Å². The zero-order valence-electron chi connectivity index (χ0n) is 21.4. The lowest BCUT2D eigenvalue weighted by Gasteiger charge is -2.28. The Kier molecular flexibility index (Phi) is 7.07. The van der Waals surface area contributed by atoms with Gasteiger partial charge in [-0.3, -0.25) is 13.7 Å². The van der Waals surface area contributed by atoms with Crippen LogP contribution in [-0.4, -0.2) is 76.9 Å². The van der Waals surface area contributed by atoms with Crippen molar-refractivity contribution in [3.05, 3.63) is 35.9 Å². The first-order chi connectivity index (χ1) is 18.6. The van der Waals surface area contributed by atoms with Crippen molar-refractivity contribution < 1.29 is 26.5 Å². The average molecular weight is 580 g/mol. The SMILES string of the molecule is CS(=O)(=O)OCC1CCC(n2cc(NC(=O)c3cnn4ccc(N5C[C@H]6C[C@@H]5CO6)nc34)c(C(F)P)n2)CC1. The van der Waals surface area contributed by atoms with E-state index < -0.39 is 21.9 Å². The number of nitrogens with one attached hydrogen (secondary N) is 1. The molecule has 0 radical (unpaired) electrons. The summed E-state index contributed by atoms with van der Waals surface area (Å²) in [4.78, 5) is 20.3. The van der Waals surface area contributed by atoms with Gasteiger partial charge < -0.3 is 15.0 Å². The quantitative estimate of drug-likeness (QED) is 0.316. The van der Waals surface area contributed by atoms with Crippen LogP contribution in [0.4, 0.5) is 15.9 Å². The molecule has 12 nitrogen and oxygen atoms in total. The van der Waals surface area contributed by atoms with Crippen molar-refractivity contribution in [1.82, 2.24) is 24.4 Å². The van der Waals surface area contributed by atoms with Crippen molar-refractivity contribution >= 4 is 42.4 Å². The maximum absolute atomic E-state index is 14.5. The zero-order chi connectivity index (χ0) is 27.3. The highest BCUT2D eigenvalue weighted by atomic mass is 32.2. The van der Waals surface area contributed by atoms with Crippen molar-refractivity contribution in [3.8, 4) is 0 Å². The van der Waals surface area contributed by atoms with Gasteiger partial charge in [-0.05, 0) is 44.1 Å². The summed E-state index contributed by atoms with van der Waals surface area (Å²) in [6.07, 6.45) is 10.1. The maximum atomic E-state index is 14.5. The van der Waals surface area contributed by atoms with E-state index in [2.05, 4.69) is 29.7 Å². The lowest BCUT2D eigenvalue weighted by Crippen LogP contribution is -2.37. The predicted octanol–water partition coefficient (Wildman–Crippen LogP) is 2.71. The molecule has 1 amide bonds. The molecular formula is C24H31FN7O5PS. The monoisotopic (exact) mass is 579 g/mol. The molecule has 3 fully saturated rings. The molecule has 5 heterocycles. The van der Waals surface area contributed by atoms with Crippen LogP contribution in [0.3, 0.4) is 0 Å². The molecule has 3 aliphatic rings. The summed E-state index contributed by atoms with van der Waals surface area (Å²) in [7, 11) is -1.39. The molecule has 39 heavy (non-hydrogen) atoms. The van der Waals surface area contributed by atoms with E-state index in [1.54, 1.807) is 21.6 Å². The number of aromatic nitrogens is 5. The van der Waals surface area contributed by atoms with Gasteiger partial charge in [0.15, 0.2) is 11.6 Å². The fourth-order valence-corrected chi connectivity index (χ4v) is 6.42. The number of fused-ring (bicyclic) bond motifs is 3. The Morgan fingerprint density at radius 2 is 2.10 bits per heavy atom. The lowest BCUT2D eigenvalue weighted by atomic mass is 9.87. The summed E-state index contributed by atoms with van der Waals surface area (Å²) in [6.45, 7) is 1.61. The summed E-state index contributed by atoms with van der Waals surface area (Å²) in [5.74, 6) is -1.01. The van der Waals surface area contributed by atoms with Gasteiger partial charge in [0.2, 0.25) is 0 Å². The molecule has 0 spiro atoms. The number of anilines is 2. The van der Waals surface area contributed by atoms with Crippen LogP contribution in [0, 0.1) is 5.92 Å². The second-order valence-corrected chi connectivity index (χ2v) is 12.8. The Bertz CT molecular complexity index is 1490. The summed E-state index contributed by atoms with van der Waals surface area (Å²) in [5, 5.41) is 11.5. The van der Waals surface area contributed by atoms with E-state index in [0.717, 1.165) is 50.7 Å². The Morgan fingerprint density at radius 1 is 1.31 bits per heavy atom. The number of hydrogen-bond acceptors (Lipinski definition) is 9. The fourth-order valence-electron chi connectivity index (χ4n) is 5.74. The number of hydrogen-bond donors (Lipinski definition) is 1. The number of alkyl halides is 1. The van der Waals surface area contributed by atoms with Crippen LogP contribution >= 0.6 is 9.24 Å². The van der Waals surface area contributed by atoms with Crippen LogP contribution < -0.4 is 10.2 Å². The molecule has 0 aromatic carbocycles. The van der Waals surface area contributed by atoms with Crippen LogP contribution in [0.5, 0.6) is 0 Å². The lowest BCUT2D eigenvalue weighted by molar-refractivity contribution is 0.0988. The topological polar surface area (TPSA) is 133 Å². The summed E-state index contributed by atoms with van der Waals surface area (Å²) < 4.78 is 51.0. The molecule has 3 aromatic rings. The number of nitrogens with zero attached hydrogens (tertiary/aromatic N) is 6. The van der Waals surface area contributed by atoms with Crippen molar-refractivity contribution in [2.45, 2.75) is 56.2 Å². The van der Waals surface area contributed by atoms with Gasteiger partial charge in [0.25, 0.3) is 16.0 Å². The molecule has 1 N–H and O–H groups in total. The number of rotatable bonds is 8. The first kappa shape index (κ1) is 26.5. The minimum absolute atomic E-state index is 0.00797. The molecule has 2 bridgehead atoms. The molecule has 3 aromatic heterocycles. The van der Waals surface area contributed by atoms with E-state index >= 15 is 0 Å². The van der Waals surface area contributed by atoms with E-state index in [9.17, 15) is 17.6 Å². The van der Waals surface area contributed by atoms with Crippen molar-refractivity contribution in [2.75, 3.05) is 36.2 Å². The highest BCUT2D eigenvalue weighted by Gasteiger charge is 2.39. The molecule has 1 saturated carbocycles. The highest BCUT2D eigenvalue weighted by Crippen LogP contribution is 2.36. The molecule has 2 aliphatic heterocycles. The predicted molar refractivity (Wildman–Crippen MR) is 144 cm³/mol. The van der Waals surface area contributed by atoms with E-state index in [-0.39, 0.29) is 47.7 Å². The minimum atomic E-state index is -3.47. The molecule has 15 heteroatoms. The first-order valence-corrected chi connectivity index (χ1v) is 15.5. The second kappa shape index (κ2) is 10.4. The molecule has 1 aliphatic carbocycles. The van der Waals surface area contributed by atoms with E-state index in [1.165, 1.54) is 6.20 Å². The van der Waals surface area contributed by atoms with E-state index in [1.807, 2.05) is 6.07 Å². The largest absolute Gasteiger partial charge is 0.374 e. The van der Waals surface area contributed by atoms with Gasteiger partial charge in [-0.1, -0.05) is 9.24 Å². The summed E-state index contributed by atoms with van der Waals surface area (Å²) >= 11 is 0. The van der Waals surface area contributed by atoms with Gasteiger partial charge in [0.1, 0.15) is 17.1 Å². The maximum Gasteiger partial charge on any atom is 0.264 e. The van der Waals surface area contributed by atoms with Gasteiger partial charge in [-0.25, -0.2) is 13.9 Å². The van der Waals surface area contributed by atoms with Gasteiger partial charge in [0, 0.05) is 18.9 Å². The third-order valence-electron chi connectivity index (χ3n) is 7.77. The van der Waals surface area contributed by atoms with Crippen molar-refractivity contribution in [1.29, 1.82) is 0 Å². The third-order valence-corrected chi connectivity index (χ3v) is 8.65. The number of halogens is 1. The molecule has 2 unspecified atom stereocenters. The number of carbonyl (C=O) groups is 1. The average Bonchev–Trinajstić information content (AvgIpc) is 3.70. The Hall–Kier alpha value is -2.67. The Morgan fingerprint density at radius 3 is 2.77 bits per heavy atom. The Labute approximate surface area is 227 Å². The molecular weight excluding hydrogens is 548 g/mol. The van der Waals surface area contributed by atoms with Crippen molar-refractivity contribution in [2.24, 2.45) is 5.92 Å². The molecule has 4 atom stereocenters. The van der Waals surface area contributed by atoms with E-state index in [4.69, 9.17) is 13.9 Å². The van der Waals surface area contributed by atoms with Gasteiger partial charge in [-0.15, -0.1) is 0 Å². The van der Waals surface area contributed by atoms with E-state index in [0.29, 0.717) is 12.3 Å². The fraction of sp³-hybridized carbons (Fsp3) is 0.583. The minimum Gasteiger partial charge on any atom is -0.374 e. The normalized spacial score (nSPS) is 25.9. The highest BCUT2D eigenvalue weighted by molar-refractivity contribution is 7.85. The summed E-state index contributed by atoms with van der Waals surface area (Å²) in [6, 6.07) is 2.17. The standard InChI is InChI=1S/C24H31FN7O5PS/c1-39(34,35)37-12-14-2-4-15(5-3-14)32-11-19(21(29-32)22(25)38)27-24(33)18-9-26-31-7-6-20(28-23(18)31)30-10-17-8-16(30)13-36-17/h6-7,9,11,14-17,22H,2-5,8,10,12-13,38H2,1H3,(H,27,33)/t14?,15?,16-,17-,22?/m1/s1. The zero-order valence-corrected chi connectivity index (χ0v) is 23.4. The van der Waals surface area contributed by atoms with Gasteiger partial charge in [-0.2, -0.15) is 18.6 Å².